The Balaban J connectivity index is 3.86. The standard InChI is InChI=1S/C12H24BrNO2Si/c1-12(2,3)17(4,5)16-10-9-14-11(15)7-6-8-13/h6-7H,8-10H2,1-5H3,(H,14,15)/b7-6+. The highest BCUT2D eigenvalue weighted by molar-refractivity contribution is 9.09. The number of hydrogen-bond donors (Lipinski definition) is 1. The lowest BCUT2D eigenvalue weighted by molar-refractivity contribution is -0.116. The Morgan fingerprint density at radius 2 is 2.00 bits per heavy atom. The minimum atomic E-state index is -1.68. The molecule has 0 saturated carbocycles. The number of halogens is 1. The zero-order valence-corrected chi connectivity index (χ0v) is 14.1. The van der Waals surface area contributed by atoms with Gasteiger partial charge in [0.25, 0.3) is 0 Å². The molecule has 0 spiro atoms. The maximum absolute atomic E-state index is 11.3. The van der Waals surface area contributed by atoms with Gasteiger partial charge in [-0.15, -0.1) is 0 Å². The van der Waals surface area contributed by atoms with E-state index >= 15 is 0 Å². The van der Waals surface area contributed by atoms with Gasteiger partial charge in [-0.3, -0.25) is 4.79 Å². The van der Waals surface area contributed by atoms with Crippen molar-refractivity contribution in [2.45, 2.75) is 38.9 Å². The van der Waals surface area contributed by atoms with Crippen LogP contribution in [0.3, 0.4) is 0 Å². The number of alkyl halides is 1. The average molecular weight is 322 g/mol. The van der Waals surface area contributed by atoms with Crippen molar-refractivity contribution < 1.29 is 9.22 Å². The predicted octanol–water partition coefficient (Wildman–Crippen LogP) is 3.08. The minimum Gasteiger partial charge on any atom is -0.415 e. The van der Waals surface area contributed by atoms with Gasteiger partial charge in [0.15, 0.2) is 8.32 Å². The summed E-state index contributed by atoms with van der Waals surface area (Å²) in [7, 11) is -1.68. The molecule has 0 bridgehead atoms. The molecule has 0 aliphatic heterocycles. The molecule has 0 rings (SSSR count). The molecule has 0 radical (unpaired) electrons. The van der Waals surface area contributed by atoms with E-state index in [0.29, 0.717) is 18.5 Å². The largest absolute Gasteiger partial charge is 0.415 e. The van der Waals surface area contributed by atoms with Crippen LogP contribution in [0.5, 0.6) is 0 Å². The van der Waals surface area contributed by atoms with Crippen molar-refractivity contribution in [3.8, 4) is 0 Å². The Hall–Kier alpha value is -0.133. The molecule has 0 aliphatic carbocycles. The van der Waals surface area contributed by atoms with Gasteiger partial charge in [-0.25, -0.2) is 0 Å². The molecule has 17 heavy (non-hydrogen) atoms. The van der Waals surface area contributed by atoms with Gasteiger partial charge in [-0.05, 0) is 24.2 Å². The summed E-state index contributed by atoms with van der Waals surface area (Å²) in [6.45, 7) is 12.2. The van der Waals surface area contributed by atoms with Gasteiger partial charge in [0, 0.05) is 11.9 Å². The van der Waals surface area contributed by atoms with Crippen LogP contribution in [0.4, 0.5) is 0 Å². The zero-order chi connectivity index (χ0) is 13.5. The normalized spacial score (nSPS) is 13.1. The third kappa shape index (κ3) is 7.01. The van der Waals surface area contributed by atoms with Crippen molar-refractivity contribution in [1.82, 2.24) is 5.32 Å². The van der Waals surface area contributed by atoms with Crippen molar-refractivity contribution >= 4 is 30.2 Å². The molecular formula is C12H24BrNO2Si. The van der Waals surface area contributed by atoms with Crippen LogP contribution < -0.4 is 5.32 Å². The summed E-state index contributed by atoms with van der Waals surface area (Å²) in [6.07, 6.45) is 3.30. The number of carbonyl (C=O) groups excluding carboxylic acids is 1. The van der Waals surface area contributed by atoms with Crippen LogP contribution in [0.2, 0.25) is 18.1 Å². The number of nitrogens with one attached hydrogen (secondary N) is 1. The molecule has 1 amide bonds. The highest BCUT2D eigenvalue weighted by Crippen LogP contribution is 2.36. The molecule has 0 aromatic rings. The molecule has 0 heterocycles. The van der Waals surface area contributed by atoms with Crippen LogP contribution in [0, 0.1) is 0 Å². The van der Waals surface area contributed by atoms with Gasteiger partial charge in [0.1, 0.15) is 0 Å². The van der Waals surface area contributed by atoms with E-state index in [2.05, 4.69) is 55.1 Å². The SMILES string of the molecule is CC(C)(C)[Si](C)(C)OCCNC(=O)/C=C/CBr. The van der Waals surface area contributed by atoms with E-state index in [-0.39, 0.29) is 10.9 Å². The fourth-order valence-corrected chi connectivity index (χ4v) is 2.14. The Kier molecular flexibility index (Phi) is 7.28. The second-order valence-corrected chi connectivity index (χ2v) is 10.9. The van der Waals surface area contributed by atoms with Gasteiger partial charge in [0.2, 0.25) is 5.91 Å². The lowest BCUT2D eigenvalue weighted by atomic mass is 10.2. The first-order chi connectivity index (χ1) is 7.70. The van der Waals surface area contributed by atoms with Gasteiger partial charge in [-0.1, -0.05) is 42.8 Å². The van der Waals surface area contributed by atoms with Gasteiger partial charge >= 0.3 is 0 Å². The molecule has 0 aromatic heterocycles. The summed E-state index contributed by atoms with van der Waals surface area (Å²) < 4.78 is 5.94. The first-order valence-corrected chi connectivity index (χ1v) is 9.88. The van der Waals surface area contributed by atoms with Crippen molar-refractivity contribution in [2.24, 2.45) is 0 Å². The molecule has 0 atom stereocenters. The van der Waals surface area contributed by atoms with Crippen LogP contribution in [0.15, 0.2) is 12.2 Å². The van der Waals surface area contributed by atoms with E-state index in [1.54, 1.807) is 6.08 Å². The van der Waals surface area contributed by atoms with Crippen LogP contribution >= 0.6 is 15.9 Å². The minimum absolute atomic E-state index is 0.0664. The Bertz CT molecular complexity index is 272. The lowest BCUT2D eigenvalue weighted by Gasteiger charge is -2.36. The van der Waals surface area contributed by atoms with Crippen LogP contribution in [-0.2, 0) is 9.22 Å². The molecule has 0 aliphatic rings. The summed E-state index contributed by atoms with van der Waals surface area (Å²) in [6, 6.07) is 0. The van der Waals surface area contributed by atoms with Gasteiger partial charge in [0.05, 0.1) is 6.61 Å². The van der Waals surface area contributed by atoms with Crippen molar-refractivity contribution in [3.05, 3.63) is 12.2 Å². The Labute approximate surface area is 114 Å². The monoisotopic (exact) mass is 321 g/mol. The summed E-state index contributed by atoms with van der Waals surface area (Å²) >= 11 is 3.22. The van der Waals surface area contributed by atoms with Crippen molar-refractivity contribution in [1.29, 1.82) is 0 Å². The maximum atomic E-state index is 11.3. The van der Waals surface area contributed by atoms with Crippen LogP contribution in [-0.4, -0.2) is 32.7 Å². The van der Waals surface area contributed by atoms with Crippen molar-refractivity contribution in [2.75, 3.05) is 18.5 Å². The molecule has 5 heteroatoms. The fraction of sp³-hybridized carbons (Fsp3) is 0.750. The van der Waals surface area contributed by atoms with E-state index in [1.807, 2.05) is 0 Å². The van der Waals surface area contributed by atoms with E-state index in [4.69, 9.17) is 4.43 Å². The first-order valence-electron chi connectivity index (χ1n) is 5.85. The second-order valence-electron chi connectivity index (χ2n) is 5.46. The van der Waals surface area contributed by atoms with E-state index in [0.717, 1.165) is 0 Å². The van der Waals surface area contributed by atoms with Gasteiger partial charge < -0.3 is 9.74 Å². The van der Waals surface area contributed by atoms with Crippen LogP contribution in [0.25, 0.3) is 0 Å². The maximum Gasteiger partial charge on any atom is 0.243 e. The Morgan fingerprint density at radius 1 is 1.41 bits per heavy atom. The molecular weight excluding hydrogens is 298 g/mol. The molecule has 3 nitrogen and oxygen atoms in total. The number of carbonyl (C=O) groups is 1. The summed E-state index contributed by atoms with van der Waals surface area (Å²) in [4.78, 5) is 11.3. The van der Waals surface area contributed by atoms with Crippen LogP contribution in [0.1, 0.15) is 20.8 Å². The molecule has 100 valence electrons. The Morgan fingerprint density at radius 3 is 2.47 bits per heavy atom. The van der Waals surface area contributed by atoms with Crippen molar-refractivity contribution in [3.63, 3.8) is 0 Å². The smallest absolute Gasteiger partial charge is 0.243 e. The summed E-state index contributed by atoms with van der Waals surface area (Å²) in [5, 5.41) is 3.70. The fourth-order valence-electron chi connectivity index (χ4n) is 0.907. The third-order valence-electron chi connectivity index (χ3n) is 3.03. The molecule has 0 unspecified atom stereocenters. The topological polar surface area (TPSA) is 38.3 Å². The second kappa shape index (κ2) is 7.33. The number of rotatable bonds is 6. The predicted molar refractivity (Wildman–Crippen MR) is 79.1 cm³/mol. The quantitative estimate of drug-likeness (QED) is 0.353. The number of amides is 1. The van der Waals surface area contributed by atoms with E-state index in [9.17, 15) is 4.79 Å². The highest BCUT2D eigenvalue weighted by Gasteiger charge is 2.36. The summed E-state index contributed by atoms with van der Waals surface area (Å²) in [5.74, 6) is -0.0664. The average Bonchev–Trinajstić information content (AvgIpc) is 2.20. The number of allylic oxidation sites excluding steroid dienone is 1. The third-order valence-corrected chi connectivity index (χ3v) is 7.94. The molecule has 0 fully saturated rings. The van der Waals surface area contributed by atoms with E-state index in [1.165, 1.54) is 6.08 Å². The molecule has 1 N–H and O–H groups in total. The van der Waals surface area contributed by atoms with E-state index < -0.39 is 8.32 Å². The summed E-state index contributed by atoms with van der Waals surface area (Å²) in [5.41, 5.74) is 0. The highest BCUT2D eigenvalue weighted by atomic mass is 79.9. The molecule has 0 saturated heterocycles. The first kappa shape index (κ1) is 16.9. The van der Waals surface area contributed by atoms with Gasteiger partial charge in [-0.2, -0.15) is 0 Å². The number of hydrogen-bond acceptors (Lipinski definition) is 2. The molecule has 0 aromatic carbocycles. The zero-order valence-electron chi connectivity index (χ0n) is 11.5. The lowest BCUT2D eigenvalue weighted by Crippen LogP contribution is -2.42.